The lowest BCUT2D eigenvalue weighted by molar-refractivity contribution is 0.0940. The predicted molar refractivity (Wildman–Crippen MR) is 118 cm³/mol. The molecule has 5 nitrogen and oxygen atoms in total. The number of carbonyl (C=O) groups is 1. The maximum Gasteiger partial charge on any atom is 0.261 e. The van der Waals surface area contributed by atoms with Gasteiger partial charge in [0.2, 0.25) is 0 Å². The summed E-state index contributed by atoms with van der Waals surface area (Å²) in [5.41, 5.74) is 4.58. The first-order chi connectivity index (χ1) is 14.4. The third-order valence-electron chi connectivity index (χ3n) is 5.40. The highest BCUT2D eigenvalue weighted by molar-refractivity contribution is 7.92. The Kier molecular flexibility index (Phi) is 5.59. The van der Waals surface area contributed by atoms with E-state index in [4.69, 9.17) is 0 Å². The Labute approximate surface area is 177 Å². The van der Waals surface area contributed by atoms with Gasteiger partial charge in [0.25, 0.3) is 15.9 Å². The van der Waals surface area contributed by atoms with Gasteiger partial charge in [-0.25, -0.2) is 8.42 Å². The van der Waals surface area contributed by atoms with Crippen LogP contribution in [0.5, 0.6) is 0 Å². The van der Waals surface area contributed by atoms with Crippen LogP contribution in [0.3, 0.4) is 0 Å². The Morgan fingerprint density at radius 1 is 0.900 bits per heavy atom. The van der Waals surface area contributed by atoms with Crippen molar-refractivity contribution in [3.8, 4) is 0 Å². The van der Waals surface area contributed by atoms with Crippen molar-refractivity contribution < 1.29 is 13.2 Å². The first-order valence-electron chi connectivity index (χ1n) is 10.0. The van der Waals surface area contributed by atoms with E-state index in [1.165, 1.54) is 29.7 Å². The van der Waals surface area contributed by atoms with E-state index < -0.39 is 10.0 Å². The van der Waals surface area contributed by atoms with E-state index in [-0.39, 0.29) is 16.8 Å². The molecule has 0 saturated carbocycles. The lowest BCUT2D eigenvalue weighted by atomic mass is 10.0. The number of amides is 1. The van der Waals surface area contributed by atoms with Crippen LogP contribution in [-0.4, -0.2) is 14.3 Å². The Morgan fingerprint density at radius 2 is 1.67 bits per heavy atom. The van der Waals surface area contributed by atoms with Crippen LogP contribution in [0.4, 0.5) is 5.69 Å². The third-order valence-corrected chi connectivity index (χ3v) is 6.80. The molecule has 3 aromatic rings. The van der Waals surface area contributed by atoms with Gasteiger partial charge in [-0.3, -0.25) is 9.52 Å². The quantitative estimate of drug-likeness (QED) is 0.618. The molecule has 0 fully saturated rings. The summed E-state index contributed by atoms with van der Waals surface area (Å²) in [4.78, 5) is 12.9. The minimum absolute atomic E-state index is 0.145. The number of benzene rings is 3. The largest absolute Gasteiger partial charge is 0.346 e. The molecule has 1 amide bonds. The summed E-state index contributed by atoms with van der Waals surface area (Å²) >= 11 is 0. The molecular weight excluding hydrogens is 396 g/mol. The van der Waals surface area contributed by atoms with Crippen LogP contribution in [0.15, 0.2) is 77.7 Å². The summed E-state index contributed by atoms with van der Waals surface area (Å²) in [5, 5.41) is 3.01. The highest BCUT2D eigenvalue weighted by Gasteiger charge is 2.17. The van der Waals surface area contributed by atoms with Crippen molar-refractivity contribution in [3.05, 3.63) is 95.1 Å². The number of aryl methyl sites for hydroxylation is 2. The summed E-state index contributed by atoms with van der Waals surface area (Å²) in [5.74, 6) is -0.247. The molecular formula is C24H24N2O3S. The predicted octanol–water partition coefficient (Wildman–Crippen LogP) is 4.47. The molecule has 0 radical (unpaired) electrons. The van der Waals surface area contributed by atoms with E-state index >= 15 is 0 Å². The van der Waals surface area contributed by atoms with Gasteiger partial charge in [-0.05, 0) is 73.2 Å². The average Bonchev–Trinajstić information content (AvgIpc) is 3.22. The minimum atomic E-state index is -3.71. The molecule has 30 heavy (non-hydrogen) atoms. The van der Waals surface area contributed by atoms with Gasteiger partial charge < -0.3 is 5.32 Å². The number of hydrogen-bond acceptors (Lipinski definition) is 3. The molecule has 0 bridgehead atoms. The van der Waals surface area contributed by atoms with E-state index in [1.807, 2.05) is 6.92 Å². The first-order valence-corrected chi connectivity index (χ1v) is 11.5. The van der Waals surface area contributed by atoms with Crippen molar-refractivity contribution in [2.75, 3.05) is 4.72 Å². The summed E-state index contributed by atoms with van der Waals surface area (Å²) in [6, 6.07) is 20.9. The monoisotopic (exact) mass is 420 g/mol. The van der Waals surface area contributed by atoms with Crippen LogP contribution in [0.25, 0.3) is 0 Å². The van der Waals surface area contributed by atoms with Gasteiger partial charge in [-0.15, -0.1) is 0 Å². The molecule has 1 aliphatic rings. The fraction of sp³-hybridized carbons (Fsp3) is 0.208. The minimum Gasteiger partial charge on any atom is -0.346 e. The van der Waals surface area contributed by atoms with E-state index in [0.717, 1.165) is 18.4 Å². The van der Waals surface area contributed by atoms with Gasteiger partial charge in [0.05, 0.1) is 10.9 Å². The van der Waals surface area contributed by atoms with E-state index in [1.54, 1.807) is 42.5 Å². The van der Waals surface area contributed by atoms with Crippen LogP contribution in [0.1, 0.15) is 46.4 Å². The fourth-order valence-corrected chi connectivity index (χ4v) is 4.83. The van der Waals surface area contributed by atoms with Gasteiger partial charge in [0, 0.05) is 11.3 Å². The van der Waals surface area contributed by atoms with E-state index in [9.17, 15) is 13.2 Å². The lowest BCUT2D eigenvalue weighted by Gasteiger charge is -2.16. The van der Waals surface area contributed by atoms with Crippen molar-refractivity contribution in [3.63, 3.8) is 0 Å². The Morgan fingerprint density at radius 3 is 2.47 bits per heavy atom. The van der Waals surface area contributed by atoms with Crippen LogP contribution >= 0.6 is 0 Å². The van der Waals surface area contributed by atoms with Crippen LogP contribution in [0, 0.1) is 0 Å². The lowest BCUT2D eigenvalue weighted by Crippen LogP contribution is -2.26. The topological polar surface area (TPSA) is 75.3 Å². The molecule has 0 aromatic heterocycles. The standard InChI is InChI=1S/C24H24N2O3S/c1-17(19-14-13-18-7-5-8-20(18)15-19)25-24(27)21-9-6-10-22(16-21)26-30(28,29)23-11-3-2-4-12-23/h2-4,6,9-17,26H,5,7-8H2,1H3,(H,25,27)/t17-/m0/s1. The number of anilines is 1. The van der Waals surface area contributed by atoms with Crippen LogP contribution < -0.4 is 10.0 Å². The van der Waals surface area contributed by atoms with Gasteiger partial charge >= 0.3 is 0 Å². The van der Waals surface area contributed by atoms with E-state index in [0.29, 0.717) is 11.3 Å². The van der Waals surface area contributed by atoms with Crippen molar-refractivity contribution in [1.29, 1.82) is 0 Å². The Hall–Kier alpha value is -3.12. The number of hydrogen-bond donors (Lipinski definition) is 2. The van der Waals surface area contributed by atoms with Crippen molar-refractivity contribution in [2.24, 2.45) is 0 Å². The maximum atomic E-state index is 12.8. The second-order valence-corrected chi connectivity index (χ2v) is 9.26. The van der Waals surface area contributed by atoms with Crippen LogP contribution in [-0.2, 0) is 22.9 Å². The van der Waals surface area contributed by atoms with Crippen molar-refractivity contribution in [1.82, 2.24) is 5.32 Å². The second kappa shape index (κ2) is 8.32. The Bertz CT molecular complexity index is 1170. The van der Waals surface area contributed by atoms with Crippen molar-refractivity contribution in [2.45, 2.75) is 37.1 Å². The summed E-state index contributed by atoms with van der Waals surface area (Å²) in [6.45, 7) is 1.95. The summed E-state index contributed by atoms with van der Waals surface area (Å²) in [7, 11) is -3.71. The third kappa shape index (κ3) is 4.39. The highest BCUT2D eigenvalue weighted by Crippen LogP contribution is 2.25. The van der Waals surface area contributed by atoms with Gasteiger partial charge in [-0.2, -0.15) is 0 Å². The molecule has 1 aliphatic carbocycles. The molecule has 0 aliphatic heterocycles. The van der Waals surface area contributed by atoms with E-state index in [2.05, 4.69) is 28.2 Å². The normalized spacial score (nSPS) is 14.0. The number of sulfonamides is 1. The molecule has 1 atom stereocenters. The fourth-order valence-electron chi connectivity index (χ4n) is 3.76. The van der Waals surface area contributed by atoms with Gasteiger partial charge in [0.15, 0.2) is 0 Å². The van der Waals surface area contributed by atoms with Crippen LogP contribution in [0.2, 0.25) is 0 Å². The molecule has 0 heterocycles. The number of rotatable bonds is 6. The number of fused-ring (bicyclic) bond motifs is 1. The highest BCUT2D eigenvalue weighted by atomic mass is 32.2. The zero-order chi connectivity index (χ0) is 21.1. The van der Waals surface area contributed by atoms with Gasteiger partial charge in [0.1, 0.15) is 0 Å². The van der Waals surface area contributed by atoms with Gasteiger partial charge in [-0.1, -0.05) is 42.5 Å². The zero-order valence-electron chi connectivity index (χ0n) is 16.8. The molecule has 3 aromatic carbocycles. The zero-order valence-corrected chi connectivity index (χ0v) is 17.6. The molecule has 0 unspecified atom stereocenters. The average molecular weight is 421 g/mol. The smallest absolute Gasteiger partial charge is 0.261 e. The van der Waals surface area contributed by atoms with Crippen molar-refractivity contribution >= 4 is 21.6 Å². The first kappa shape index (κ1) is 20.2. The Balaban J connectivity index is 1.47. The molecule has 0 saturated heterocycles. The number of nitrogens with one attached hydrogen (secondary N) is 2. The molecule has 0 spiro atoms. The summed E-state index contributed by atoms with van der Waals surface area (Å²) < 4.78 is 27.6. The second-order valence-electron chi connectivity index (χ2n) is 7.58. The molecule has 4 rings (SSSR count). The summed E-state index contributed by atoms with van der Waals surface area (Å²) in [6.07, 6.45) is 3.40. The maximum absolute atomic E-state index is 12.8. The SMILES string of the molecule is C[C@H](NC(=O)c1cccc(NS(=O)(=O)c2ccccc2)c1)c1ccc2c(c1)CCC2. The number of carbonyl (C=O) groups excluding carboxylic acids is 1. The molecule has 154 valence electrons. The molecule has 2 N–H and O–H groups in total. The molecule has 6 heteroatoms.